The van der Waals surface area contributed by atoms with Crippen LogP contribution in [0.3, 0.4) is 0 Å². The Morgan fingerprint density at radius 1 is 0.862 bits per heavy atom. The third kappa shape index (κ3) is 4.76. The number of piperazine rings is 2. The topological polar surface area (TPSA) is 67.8 Å². The molecule has 0 atom stereocenters. The van der Waals surface area contributed by atoms with Gasteiger partial charge < -0.3 is 24.9 Å². The molecule has 2 aliphatic rings. The van der Waals surface area contributed by atoms with Crippen LogP contribution in [0.25, 0.3) is 0 Å². The van der Waals surface area contributed by atoms with E-state index in [4.69, 9.17) is 0 Å². The molecule has 2 amide bonds. The molecule has 8 heteroatoms. The second kappa shape index (κ2) is 8.65. The second-order valence-electron chi connectivity index (χ2n) is 7.80. The van der Waals surface area contributed by atoms with Crippen molar-refractivity contribution in [2.24, 2.45) is 0 Å². The van der Waals surface area contributed by atoms with Gasteiger partial charge >= 0.3 is 6.03 Å². The summed E-state index contributed by atoms with van der Waals surface area (Å²) in [6, 6.07) is 9.90. The number of benzene rings is 1. The zero-order valence-corrected chi connectivity index (χ0v) is 17.2. The number of amides is 2. The summed E-state index contributed by atoms with van der Waals surface area (Å²) in [5.41, 5.74) is 2.01. The molecule has 2 aromatic rings. The second-order valence-corrected chi connectivity index (χ2v) is 7.80. The first kappa shape index (κ1) is 19.4. The maximum atomic E-state index is 12.5. The van der Waals surface area contributed by atoms with Crippen molar-refractivity contribution in [1.29, 1.82) is 0 Å². The lowest BCUT2D eigenvalue weighted by atomic mass is 10.2. The van der Waals surface area contributed by atoms with E-state index >= 15 is 0 Å². The molecule has 0 bridgehead atoms. The molecule has 1 aromatic carbocycles. The van der Waals surface area contributed by atoms with E-state index in [1.165, 1.54) is 5.56 Å². The van der Waals surface area contributed by atoms with Crippen molar-refractivity contribution in [3.8, 4) is 0 Å². The Balaban J connectivity index is 1.33. The van der Waals surface area contributed by atoms with E-state index in [2.05, 4.69) is 43.1 Å². The molecule has 2 fully saturated rings. The summed E-state index contributed by atoms with van der Waals surface area (Å²) in [6.07, 6.45) is 1.65. The smallest absolute Gasteiger partial charge is 0.321 e. The summed E-state index contributed by atoms with van der Waals surface area (Å²) in [5, 5.41) is 2.98. The van der Waals surface area contributed by atoms with Crippen LogP contribution in [-0.2, 0) is 0 Å². The number of nitrogens with zero attached hydrogens (tertiary/aromatic N) is 6. The van der Waals surface area contributed by atoms with Gasteiger partial charge in [-0.15, -0.1) is 0 Å². The molecule has 2 aliphatic heterocycles. The highest BCUT2D eigenvalue weighted by Gasteiger charge is 2.23. The number of nitrogens with one attached hydrogen (secondary N) is 1. The summed E-state index contributed by atoms with van der Waals surface area (Å²) >= 11 is 0. The zero-order valence-electron chi connectivity index (χ0n) is 17.2. The molecule has 0 aliphatic carbocycles. The van der Waals surface area contributed by atoms with E-state index in [0.29, 0.717) is 13.1 Å². The van der Waals surface area contributed by atoms with E-state index in [0.717, 1.165) is 56.6 Å². The van der Waals surface area contributed by atoms with Gasteiger partial charge in [0.05, 0.1) is 0 Å². The van der Waals surface area contributed by atoms with Crippen molar-refractivity contribution in [3.05, 3.63) is 42.2 Å². The highest BCUT2D eigenvalue weighted by atomic mass is 16.2. The van der Waals surface area contributed by atoms with Crippen molar-refractivity contribution in [2.45, 2.75) is 6.92 Å². The standard InChI is InChI=1S/C21H29N7O/c1-17-3-5-18(6-4-17)24-21(29)28-13-11-27(12-14-28)20-15-19(22-16-23-20)26-9-7-25(2)8-10-26/h3-6,15-16H,7-14H2,1-2H3,(H,24,29). The van der Waals surface area contributed by atoms with Gasteiger partial charge in [0.15, 0.2) is 0 Å². The van der Waals surface area contributed by atoms with Gasteiger partial charge in [-0.1, -0.05) is 17.7 Å². The lowest BCUT2D eigenvalue weighted by Gasteiger charge is -2.36. The normalized spacial score (nSPS) is 18.1. The SMILES string of the molecule is Cc1ccc(NC(=O)N2CCN(c3cc(N4CCN(C)CC4)ncn3)CC2)cc1. The highest BCUT2D eigenvalue weighted by molar-refractivity contribution is 5.89. The number of carbonyl (C=O) groups excluding carboxylic acids is 1. The molecule has 1 aromatic heterocycles. The number of carbonyl (C=O) groups is 1. The van der Waals surface area contributed by atoms with Gasteiger partial charge in [-0.05, 0) is 26.1 Å². The molecule has 1 N–H and O–H groups in total. The monoisotopic (exact) mass is 395 g/mol. The van der Waals surface area contributed by atoms with Crippen LogP contribution in [0.4, 0.5) is 22.1 Å². The van der Waals surface area contributed by atoms with E-state index < -0.39 is 0 Å². The molecule has 29 heavy (non-hydrogen) atoms. The van der Waals surface area contributed by atoms with Gasteiger partial charge in [-0.2, -0.15) is 0 Å². The third-order valence-corrected chi connectivity index (χ3v) is 5.66. The average Bonchev–Trinajstić information content (AvgIpc) is 2.76. The number of urea groups is 1. The number of likely N-dealkylation sites (N-methyl/N-ethyl adjacent to an activating group) is 1. The summed E-state index contributed by atoms with van der Waals surface area (Å²) < 4.78 is 0. The van der Waals surface area contributed by atoms with Crippen LogP contribution in [0.1, 0.15) is 5.56 Å². The Labute approximate surface area is 172 Å². The van der Waals surface area contributed by atoms with Crippen LogP contribution < -0.4 is 15.1 Å². The largest absolute Gasteiger partial charge is 0.354 e. The molecule has 0 unspecified atom stereocenters. The average molecular weight is 396 g/mol. The first-order valence-electron chi connectivity index (χ1n) is 10.2. The number of aryl methyl sites for hydroxylation is 1. The number of hydrogen-bond donors (Lipinski definition) is 1. The first-order valence-corrected chi connectivity index (χ1v) is 10.2. The molecule has 3 heterocycles. The Kier molecular flexibility index (Phi) is 5.80. The van der Waals surface area contributed by atoms with E-state index in [1.807, 2.05) is 36.1 Å². The van der Waals surface area contributed by atoms with Crippen LogP contribution in [-0.4, -0.2) is 85.2 Å². The van der Waals surface area contributed by atoms with Crippen molar-refractivity contribution in [1.82, 2.24) is 19.8 Å². The maximum absolute atomic E-state index is 12.5. The van der Waals surface area contributed by atoms with Crippen molar-refractivity contribution < 1.29 is 4.79 Å². The van der Waals surface area contributed by atoms with Gasteiger partial charge in [-0.3, -0.25) is 0 Å². The van der Waals surface area contributed by atoms with Gasteiger partial charge in [0.25, 0.3) is 0 Å². The summed E-state index contributed by atoms with van der Waals surface area (Å²) in [4.78, 5) is 30.2. The molecule has 4 rings (SSSR count). The van der Waals surface area contributed by atoms with Crippen LogP contribution in [0.15, 0.2) is 36.7 Å². The lowest BCUT2D eigenvalue weighted by Crippen LogP contribution is -2.50. The summed E-state index contributed by atoms with van der Waals surface area (Å²) in [6.45, 7) is 8.98. The molecular formula is C21H29N7O. The molecule has 2 saturated heterocycles. The van der Waals surface area contributed by atoms with Crippen LogP contribution in [0.5, 0.6) is 0 Å². The van der Waals surface area contributed by atoms with Gasteiger partial charge in [0.1, 0.15) is 18.0 Å². The maximum Gasteiger partial charge on any atom is 0.321 e. The van der Waals surface area contributed by atoms with Crippen molar-refractivity contribution in [2.75, 3.05) is 74.5 Å². The fourth-order valence-electron chi connectivity index (χ4n) is 3.70. The van der Waals surface area contributed by atoms with Gasteiger partial charge in [0, 0.05) is 64.1 Å². The predicted molar refractivity (Wildman–Crippen MR) is 116 cm³/mol. The molecule has 154 valence electrons. The summed E-state index contributed by atoms with van der Waals surface area (Å²) in [5.74, 6) is 1.93. The van der Waals surface area contributed by atoms with Gasteiger partial charge in [0.2, 0.25) is 0 Å². The number of anilines is 3. The fraction of sp³-hybridized carbons (Fsp3) is 0.476. The Bertz CT molecular complexity index is 825. The third-order valence-electron chi connectivity index (χ3n) is 5.66. The molecule has 0 saturated carbocycles. The van der Waals surface area contributed by atoms with Crippen molar-refractivity contribution >= 4 is 23.4 Å². The predicted octanol–water partition coefficient (Wildman–Crippen LogP) is 1.89. The lowest BCUT2D eigenvalue weighted by molar-refractivity contribution is 0.208. The fourth-order valence-corrected chi connectivity index (χ4v) is 3.70. The minimum Gasteiger partial charge on any atom is -0.354 e. The molecule has 0 radical (unpaired) electrons. The quantitative estimate of drug-likeness (QED) is 0.856. The molecular weight excluding hydrogens is 366 g/mol. The van der Waals surface area contributed by atoms with E-state index in [1.54, 1.807) is 6.33 Å². The Morgan fingerprint density at radius 3 is 2.00 bits per heavy atom. The number of rotatable bonds is 3. The zero-order chi connectivity index (χ0) is 20.2. The van der Waals surface area contributed by atoms with E-state index in [-0.39, 0.29) is 6.03 Å². The molecule has 0 spiro atoms. The molecule has 8 nitrogen and oxygen atoms in total. The Hall–Kier alpha value is -2.87. The van der Waals surface area contributed by atoms with Crippen LogP contribution >= 0.6 is 0 Å². The highest BCUT2D eigenvalue weighted by Crippen LogP contribution is 2.20. The Morgan fingerprint density at radius 2 is 1.41 bits per heavy atom. The van der Waals surface area contributed by atoms with E-state index in [9.17, 15) is 4.79 Å². The minimum absolute atomic E-state index is 0.0469. The summed E-state index contributed by atoms with van der Waals surface area (Å²) in [7, 11) is 2.15. The first-order chi connectivity index (χ1) is 14.1. The van der Waals surface area contributed by atoms with Crippen molar-refractivity contribution in [3.63, 3.8) is 0 Å². The van der Waals surface area contributed by atoms with Gasteiger partial charge in [-0.25, -0.2) is 14.8 Å². The number of hydrogen-bond acceptors (Lipinski definition) is 6. The number of aromatic nitrogens is 2. The minimum atomic E-state index is -0.0469. The van der Waals surface area contributed by atoms with Crippen LogP contribution in [0.2, 0.25) is 0 Å². The van der Waals surface area contributed by atoms with Crippen LogP contribution in [0, 0.1) is 6.92 Å².